The molecule has 2 aromatic carbocycles. The lowest BCUT2D eigenvalue weighted by atomic mass is 10.1. The molecule has 0 saturated heterocycles. The normalized spacial score (nSPS) is 13.1. The Kier molecular flexibility index (Phi) is 6.19. The summed E-state index contributed by atoms with van der Waals surface area (Å²) in [6.45, 7) is 0. The second kappa shape index (κ2) is 8.36. The molecule has 1 amide bonds. The average molecular weight is 330 g/mol. The van der Waals surface area contributed by atoms with Crippen LogP contribution in [0.1, 0.15) is 5.56 Å². The van der Waals surface area contributed by atoms with Crippen LogP contribution in [0.4, 0.5) is 0 Å². The molecule has 0 saturated carbocycles. The molecule has 5 nitrogen and oxygen atoms in total. The van der Waals surface area contributed by atoms with E-state index in [1.807, 2.05) is 48.5 Å². The molecule has 0 fully saturated rings. The monoisotopic (exact) mass is 330 g/mol. The molecule has 0 aliphatic heterocycles. The first kappa shape index (κ1) is 17.1. The zero-order chi connectivity index (χ0) is 16.7. The van der Waals surface area contributed by atoms with Crippen LogP contribution >= 0.6 is 11.8 Å². The van der Waals surface area contributed by atoms with Crippen LogP contribution in [-0.4, -0.2) is 28.4 Å². The van der Waals surface area contributed by atoms with Crippen LogP contribution in [0.25, 0.3) is 0 Å². The summed E-state index contributed by atoms with van der Waals surface area (Å²) in [5.41, 5.74) is 6.81. The van der Waals surface area contributed by atoms with E-state index in [0.29, 0.717) is 6.42 Å². The summed E-state index contributed by atoms with van der Waals surface area (Å²) in [5.74, 6) is -1.59. The van der Waals surface area contributed by atoms with Crippen molar-refractivity contribution < 1.29 is 14.7 Å². The highest BCUT2D eigenvalue weighted by Gasteiger charge is 2.24. The summed E-state index contributed by atoms with van der Waals surface area (Å²) in [7, 11) is 0. The van der Waals surface area contributed by atoms with Gasteiger partial charge < -0.3 is 16.2 Å². The molecule has 2 atom stereocenters. The molecule has 0 spiro atoms. The zero-order valence-electron chi connectivity index (χ0n) is 12.4. The molecule has 0 bridgehead atoms. The Labute approximate surface area is 138 Å². The van der Waals surface area contributed by atoms with Crippen LogP contribution in [0.3, 0.4) is 0 Å². The lowest BCUT2D eigenvalue weighted by molar-refractivity contribution is -0.139. The minimum atomic E-state index is -1.11. The Morgan fingerprint density at radius 2 is 1.61 bits per heavy atom. The number of nitrogens with one attached hydrogen (secondary N) is 1. The molecule has 0 radical (unpaired) electrons. The summed E-state index contributed by atoms with van der Waals surface area (Å²) in [6, 6.07) is 17.6. The van der Waals surface area contributed by atoms with Gasteiger partial charge in [0, 0.05) is 4.90 Å². The van der Waals surface area contributed by atoms with E-state index in [0.717, 1.165) is 22.2 Å². The summed E-state index contributed by atoms with van der Waals surface area (Å²) < 4.78 is 0. The number of benzene rings is 2. The van der Waals surface area contributed by atoms with Gasteiger partial charge in [-0.2, -0.15) is 0 Å². The van der Waals surface area contributed by atoms with E-state index in [-0.39, 0.29) is 0 Å². The standard InChI is InChI=1S/C17H18N2O3S/c18-14(11-12-7-3-1-4-8-12)15(20)19-16(17(21)22)23-13-9-5-2-6-10-13/h1-10,14,16H,11,18H2,(H,19,20)(H,21,22)/t14-,16?/m0/s1. The lowest BCUT2D eigenvalue weighted by Gasteiger charge is -2.17. The Hall–Kier alpha value is -2.31. The third-order valence-electron chi connectivity index (χ3n) is 3.13. The van der Waals surface area contributed by atoms with Gasteiger partial charge in [0.1, 0.15) is 0 Å². The fourth-order valence-electron chi connectivity index (χ4n) is 1.97. The lowest BCUT2D eigenvalue weighted by Crippen LogP contribution is -2.47. The molecular formula is C17H18N2O3S. The predicted octanol–water partition coefficient (Wildman–Crippen LogP) is 1.88. The highest BCUT2D eigenvalue weighted by Crippen LogP contribution is 2.21. The number of thioether (sulfide) groups is 1. The minimum absolute atomic E-state index is 0.356. The van der Waals surface area contributed by atoms with E-state index >= 15 is 0 Å². The molecule has 2 rings (SSSR count). The maximum absolute atomic E-state index is 12.1. The molecule has 2 aromatic rings. The van der Waals surface area contributed by atoms with Crippen molar-refractivity contribution in [3.8, 4) is 0 Å². The summed E-state index contributed by atoms with van der Waals surface area (Å²) in [6.07, 6.45) is 0.356. The molecule has 120 valence electrons. The van der Waals surface area contributed by atoms with Crippen LogP contribution in [0.5, 0.6) is 0 Å². The number of carbonyl (C=O) groups is 2. The van der Waals surface area contributed by atoms with Crippen molar-refractivity contribution in [2.24, 2.45) is 5.73 Å². The van der Waals surface area contributed by atoms with Gasteiger partial charge in [0.2, 0.25) is 5.91 Å². The topological polar surface area (TPSA) is 92.4 Å². The van der Waals surface area contributed by atoms with Crippen LogP contribution in [0.15, 0.2) is 65.6 Å². The maximum Gasteiger partial charge on any atom is 0.337 e. The molecule has 6 heteroatoms. The number of rotatable bonds is 7. The third-order valence-corrected chi connectivity index (χ3v) is 4.23. The van der Waals surface area contributed by atoms with E-state index in [1.54, 1.807) is 12.1 Å². The van der Waals surface area contributed by atoms with Crippen molar-refractivity contribution in [3.63, 3.8) is 0 Å². The van der Waals surface area contributed by atoms with E-state index in [2.05, 4.69) is 5.32 Å². The zero-order valence-corrected chi connectivity index (χ0v) is 13.2. The van der Waals surface area contributed by atoms with Gasteiger partial charge in [0.15, 0.2) is 5.37 Å². The smallest absolute Gasteiger partial charge is 0.337 e. The Morgan fingerprint density at radius 1 is 1.04 bits per heavy atom. The molecule has 0 heterocycles. The van der Waals surface area contributed by atoms with E-state index in [4.69, 9.17) is 5.73 Å². The van der Waals surface area contributed by atoms with Gasteiger partial charge in [-0.15, -0.1) is 0 Å². The van der Waals surface area contributed by atoms with Gasteiger partial charge in [-0.3, -0.25) is 4.79 Å². The van der Waals surface area contributed by atoms with E-state index in [1.165, 1.54) is 0 Å². The number of hydrogen-bond acceptors (Lipinski definition) is 4. The molecule has 0 aromatic heterocycles. The fourth-order valence-corrected chi connectivity index (χ4v) is 2.84. The van der Waals surface area contributed by atoms with Crippen molar-refractivity contribution in [2.75, 3.05) is 0 Å². The molecule has 23 heavy (non-hydrogen) atoms. The molecule has 1 unspecified atom stereocenters. The Bertz CT molecular complexity index is 649. The van der Waals surface area contributed by atoms with Crippen LogP contribution in [-0.2, 0) is 16.0 Å². The van der Waals surface area contributed by atoms with E-state index in [9.17, 15) is 14.7 Å². The second-order valence-corrected chi connectivity index (χ2v) is 6.13. The van der Waals surface area contributed by atoms with Crippen molar-refractivity contribution in [2.45, 2.75) is 22.7 Å². The summed E-state index contributed by atoms with van der Waals surface area (Å²) in [4.78, 5) is 24.2. The van der Waals surface area contributed by atoms with Crippen LogP contribution in [0, 0.1) is 0 Å². The largest absolute Gasteiger partial charge is 0.479 e. The van der Waals surface area contributed by atoms with Gasteiger partial charge in [-0.05, 0) is 24.1 Å². The van der Waals surface area contributed by atoms with Gasteiger partial charge in [0.25, 0.3) is 0 Å². The first-order chi connectivity index (χ1) is 11.1. The highest BCUT2D eigenvalue weighted by atomic mass is 32.2. The van der Waals surface area contributed by atoms with E-state index < -0.39 is 23.3 Å². The SMILES string of the molecule is N[C@@H](Cc1ccccc1)C(=O)NC(Sc1ccccc1)C(=O)O. The highest BCUT2D eigenvalue weighted by molar-refractivity contribution is 8.00. The van der Waals surface area contributed by atoms with Gasteiger partial charge in [-0.25, -0.2) is 4.79 Å². The number of aliphatic carboxylic acids is 1. The minimum Gasteiger partial charge on any atom is -0.479 e. The Morgan fingerprint density at radius 3 is 2.17 bits per heavy atom. The molecule has 0 aliphatic carbocycles. The molecule has 4 N–H and O–H groups in total. The van der Waals surface area contributed by atoms with Gasteiger partial charge in [0.05, 0.1) is 6.04 Å². The second-order valence-electron chi connectivity index (χ2n) is 4.95. The van der Waals surface area contributed by atoms with Gasteiger partial charge in [-0.1, -0.05) is 60.3 Å². The number of nitrogens with two attached hydrogens (primary N) is 1. The predicted molar refractivity (Wildman–Crippen MR) is 90.0 cm³/mol. The van der Waals surface area contributed by atoms with Crippen LogP contribution in [0.2, 0.25) is 0 Å². The number of carboxylic acids is 1. The average Bonchev–Trinajstić information content (AvgIpc) is 2.56. The van der Waals surface area contributed by atoms with Gasteiger partial charge >= 0.3 is 5.97 Å². The molecular weight excluding hydrogens is 312 g/mol. The van der Waals surface area contributed by atoms with Crippen molar-refractivity contribution in [1.82, 2.24) is 5.32 Å². The first-order valence-corrected chi connectivity index (χ1v) is 7.98. The summed E-state index contributed by atoms with van der Waals surface area (Å²) in [5, 5.41) is 10.7. The molecule has 0 aliphatic rings. The van der Waals surface area contributed by atoms with Crippen molar-refractivity contribution in [1.29, 1.82) is 0 Å². The van der Waals surface area contributed by atoms with Crippen LogP contribution < -0.4 is 11.1 Å². The number of amides is 1. The number of carbonyl (C=O) groups excluding carboxylic acids is 1. The first-order valence-electron chi connectivity index (χ1n) is 7.10. The summed E-state index contributed by atoms with van der Waals surface area (Å²) >= 11 is 1.06. The Balaban J connectivity index is 1.96. The van der Waals surface area contributed by atoms with Crippen molar-refractivity contribution in [3.05, 3.63) is 66.2 Å². The number of hydrogen-bond donors (Lipinski definition) is 3. The fraction of sp³-hybridized carbons (Fsp3) is 0.176. The third kappa shape index (κ3) is 5.43. The maximum atomic E-state index is 12.1. The van der Waals surface area contributed by atoms with Crippen molar-refractivity contribution >= 4 is 23.6 Å². The quantitative estimate of drug-likeness (QED) is 0.532. The number of carboxylic acid groups (broad SMARTS) is 1.